The first-order chi connectivity index (χ1) is 13.8. The Morgan fingerprint density at radius 2 is 1.93 bits per heavy atom. The van der Waals surface area contributed by atoms with E-state index in [9.17, 15) is 4.79 Å². The Bertz CT molecular complexity index is 994. The number of hydrogen-bond donors (Lipinski definition) is 1. The molecule has 2 bridgehead atoms. The van der Waals surface area contributed by atoms with Gasteiger partial charge in [0.1, 0.15) is 6.61 Å². The van der Waals surface area contributed by atoms with Gasteiger partial charge in [0, 0.05) is 28.7 Å². The lowest BCUT2D eigenvalue weighted by atomic mass is 9.68. The average Bonchev–Trinajstić information content (AvgIpc) is 3.10. The smallest absolute Gasteiger partial charge is 0.410 e. The van der Waals surface area contributed by atoms with Crippen molar-refractivity contribution in [2.45, 2.75) is 38.8 Å². The number of carbonyl (C=O) groups is 1. The number of benzene rings is 2. The number of amides is 1. The van der Waals surface area contributed by atoms with Crippen LogP contribution < -0.4 is 0 Å². The first-order valence-corrected chi connectivity index (χ1v) is 10.3. The predicted octanol–water partition coefficient (Wildman–Crippen LogP) is 5.45. The van der Waals surface area contributed by atoms with Gasteiger partial charge in [0.2, 0.25) is 0 Å². The van der Waals surface area contributed by atoms with E-state index in [2.05, 4.69) is 36.2 Å². The molecular formula is C24H26N2O2. The van der Waals surface area contributed by atoms with Crippen LogP contribution in [0.15, 0.2) is 54.6 Å². The maximum absolute atomic E-state index is 13.1. The van der Waals surface area contributed by atoms with E-state index in [1.807, 2.05) is 35.2 Å². The number of nitrogens with zero attached hydrogens (tertiary/aromatic N) is 1. The van der Waals surface area contributed by atoms with E-state index in [0.29, 0.717) is 18.4 Å². The molecule has 28 heavy (non-hydrogen) atoms. The van der Waals surface area contributed by atoms with Gasteiger partial charge in [-0.1, -0.05) is 61.9 Å². The molecule has 3 atom stereocenters. The normalized spacial score (nSPS) is 23.5. The number of likely N-dealkylation sites (tertiary alicyclic amines) is 1. The summed E-state index contributed by atoms with van der Waals surface area (Å²) in [5.41, 5.74) is 4.82. The number of aromatic nitrogens is 1. The maximum Gasteiger partial charge on any atom is 0.410 e. The largest absolute Gasteiger partial charge is 0.445 e. The van der Waals surface area contributed by atoms with Gasteiger partial charge >= 0.3 is 6.09 Å². The van der Waals surface area contributed by atoms with Crippen LogP contribution in [-0.2, 0) is 17.8 Å². The number of piperidine rings is 1. The summed E-state index contributed by atoms with van der Waals surface area (Å²) < 4.78 is 5.73. The van der Waals surface area contributed by atoms with Gasteiger partial charge in [-0.15, -0.1) is 0 Å². The summed E-state index contributed by atoms with van der Waals surface area (Å²) in [6.07, 6.45) is 3.02. The van der Waals surface area contributed by atoms with Gasteiger partial charge < -0.3 is 14.6 Å². The zero-order valence-corrected chi connectivity index (χ0v) is 16.2. The quantitative estimate of drug-likeness (QED) is 0.662. The number of hydrogen-bond acceptors (Lipinski definition) is 2. The molecular weight excluding hydrogens is 348 g/mol. The molecule has 1 amide bonds. The lowest BCUT2D eigenvalue weighted by molar-refractivity contribution is 0.0179. The van der Waals surface area contributed by atoms with Crippen molar-refractivity contribution in [1.82, 2.24) is 9.88 Å². The van der Waals surface area contributed by atoms with Gasteiger partial charge in [-0.2, -0.15) is 0 Å². The van der Waals surface area contributed by atoms with Gasteiger partial charge in [-0.05, 0) is 36.3 Å². The van der Waals surface area contributed by atoms with Crippen molar-refractivity contribution < 1.29 is 9.53 Å². The van der Waals surface area contributed by atoms with Crippen LogP contribution in [0.4, 0.5) is 4.79 Å². The highest BCUT2D eigenvalue weighted by Crippen LogP contribution is 2.50. The highest BCUT2D eigenvalue weighted by Gasteiger charge is 2.46. The predicted molar refractivity (Wildman–Crippen MR) is 110 cm³/mol. The molecule has 5 rings (SSSR count). The van der Waals surface area contributed by atoms with E-state index < -0.39 is 0 Å². The van der Waals surface area contributed by atoms with Gasteiger partial charge in [-0.3, -0.25) is 0 Å². The zero-order valence-electron chi connectivity index (χ0n) is 16.2. The Morgan fingerprint density at radius 3 is 2.75 bits per heavy atom. The van der Waals surface area contributed by atoms with Crippen LogP contribution in [-0.4, -0.2) is 22.5 Å². The number of ether oxygens (including phenoxy) is 1. The summed E-state index contributed by atoms with van der Waals surface area (Å²) in [5.74, 6) is 1.12. The second-order valence-electron chi connectivity index (χ2n) is 8.07. The second-order valence-corrected chi connectivity index (χ2v) is 8.07. The molecule has 2 aromatic carbocycles. The molecule has 1 fully saturated rings. The monoisotopic (exact) mass is 374 g/mol. The Kier molecular flexibility index (Phi) is 4.34. The average molecular weight is 374 g/mol. The van der Waals surface area contributed by atoms with Crippen molar-refractivity contribution in [3.63, 3.8) is 0 Å². The summed E-state index contributed by atoms with van der Waals surface area (Å²) in [4.78, 5) is 18.7. The molecule has 2 heterocycles. The minimum absolute atomic E-state index is 0.104. The van der Waals surface area contributed by atoms with Crippen molar-refractivity contribution in [2.24, 2.45) is 11.8 Å². The molecule has 0 spiro atoms. The lowest BCUT2D eigenvalue weighted by Gasteiger charge is -2.48. The van der Waals surface area contributed by atoms with E-state index in [-0.39, 0.29) is 12.1 Å². The third kappa shape index (κ3) is 2.79. The SMILES string of the molecule is CC[C@@H]1[C@@H]2CCN(C(=O)OCc3ccccc3)[C@H]1c1c([nH]c3ccccc13)C2. The van der Waals surface area contributed by atoms with E-state index >= 15 is 0 Å². The Balaban J connectivity index is 1.48. The van der Waals surface area contributed by atoms with Crippen LogP contribution in [0.5, 0.6) is 0 Å². The van der Waals surface area contributed by atoms with E-state index in [1.165, 1.54) is 22.2 Å². The molecule has 144 valence electrons. The summed E-state index contributed by atoms with van der Waals surface area (Å²) in [6, 6.07) is 18.5. The van der Waals surface area contributed by atoms with E-state index in [1.54, 1.807) is 0 Å². The molecule has 3 aromatic rings. The fraction of sp³-hybridized carbons (Fsp3) is 0.375. The Hall–Kier alpha value is -2.75. The molecule has 4 heteroatoms. The minimum atomic E-state index is -0.191. The summed E-state index contributed by atoms with van der Waals surface area (Å²) >= 11 is 0. The fourth-order valence-corrected chi connectivity index (χ4v) is 5.31. The molecule has 1 saturated heterocycles. The van der Waals surface area contributed by atoms with Crippen LogP contribution in [0.3, 0.4) is 0 Å². The lowest BCUT2D eigenvalue weighted by Crippen LogP contribution is -2.49. The minimum Gasteiger partial charge on any atom is -0.445 e. The number of para-hydroxylation sites is 1. The van der Waals surface area contributed by atoms with Crippen molar-refractivity contribution >= 4 is 17.0 Å². The van der Waals surface area contributed by atoms with Crippen LogP contribution in [0.2, 0.25) is 0 Å². The van der Waals surface area contributed by atoms with Crippen LogP contribution in [0, 0.1) is 11.8 Å². The van der Waals surface area contributed by atoms with Crippen molar-refractivity contribution in [3.8, 4) is 0 Å². The van der Waals surface area contributed by atoms with Gasteiger partial charge in [0.15, 0.2) is 0 Å². The molecule has 4 nitrogen and oxygen atoms in total. The molecule has 0 saturated carbocycles. The topological polar surface area (TPSA) is 45.3 Å². The highest BCUT2D eigenvalue weighted by molar-refractivity contribution is 5.86. The van der Waals surface area contributed by atoms with Crippen LogP contribution in [0.25, 0.3) is 10.9 Å². The molecule has 2 aliphatic rings. The van der Waals surface area contributed by atoms with Crippen molar-refractivity contribution in [3.05, 3.63) is 71.4 Å². The standard InChI is InChI=1S/C24H26N2O2/c1-2-18-17-12-13-26(24(27)28-15-16-8-4-3-5-9-16)23(18)22-19-10-6-7-11-20(19)25-21(22)14-17/h3-11,17-18,23,25H,2,12-15H2,1H3/t17-,18-,23-/m1/s1. The van der Waals surface area contributed by atoms with Gasteiger partial charge in [0.25, 0.3) is 0 Å². The number of fused-ring (bicyclic) bond motifs is 6. The Labute approximate surface area is 165 Å². The third-order valence-corrected chi connectivity index (χ3v) is 6.59. The summed E-state index contributed by atoms with van der Waals surface area (Å²) in [7, 11) is 0. The summed E-state index contributed by atoms with van der Waals surface area (Å²) in [5, 5.41) is 1.25. The highest BCUT2D eigenvalue weighted by atomic mass is 16.6. The van der Waals surface area contributed by atoms with Gasteiger partial charge in [0.05, 0.1) is 6.04 Å². The van der Waals surface area contributed by atoms with Crippen LogP contribution >= 0.6 is 0 Å². The van der Waals surface area contributed by atoms with Crippen molar-refractivity contribution in [2.75, 3.05) is 6.54 Å². The molecule has 0 radical (unpaired) electrons. The van der Waals surface area contributed by atoms with Crippen LogP contribution in [0.1, 0.15) is 42.6 Å². The van der Waals surface area contributed by atoms with E-state index in [0.717, 1.165) is 31.4 Å². The van der Waals surface area contributed by atoms with Gasteiger partial charge in [-0.25, -0.2) is 4.79 Å². The van der Waals surface area contributed by atoms with E-state index in [4.69, 9.17) is 4.74 Å². The first kappa shape index (κ1) is 17.4. The number of rotatable bonds is 3. The van der Waals surface area contributed by atoms with Crippen molar-refractivity contribution in [1.29, 1.82) is 0 Å². The molecule has 1 aromatic heterocycles. The number of H-pyrrole nitrogens is 1. The Morgan fingerprint density at radius 1 is 1.14 bits per heavy atom. The number of aromatic amines is 1. The fourth-order valence-electron chi connectivity index (χ4n) is 5.31. The molecule has 1 N–H and O–H groups in total. The third-order valence-electron chi connectivity index (χ3n) is 6.59. The zero-order chi connectivity index (χ0) is 19.1. The molecule has 1 aliphatic heterocycles. The maximum atomic E-state index is 13.1. The molecule has 1 aliphatic carbocycles. The number of nitrogens with one attached hydrogen (secondary N) is 1. The number of carbonyl (C=O) groups excluding carboxylic acids is 1. The molecule has 0 unspecified atom stereocenters. The summed E-state index contributed by atoms with van der Waals surface area (Å²) in [6.45, 7) is 3.35. The first-order valence-electron chi connectivity index (χ1n) is 10.3. The second kappa shape index (κ2) is 7.01.